The van der Waals surface area contributed by atoms with Gasteiger partial charge in [0.1, 0.15) is 5.82 Å². The van der Waals surface area contributed by atoms with Gasteiger partial charge in [-0.3, -0.25) is 14.9 Å². The van der Waals surface area contributed by atoms with Crippen LogP contribution < -0.4 is 10.6 Å². The first-order valence-corrected chi connectivity index (χ1v) is 5.97. The van der Waals surface area contributed by atoms with Crippen LogP contribution in [0.5, 0.6) is 0 Å². The molecule has 6 nitrogen and oxygen atoms in total. The molecule has 0 heterocycles. The molecule has 2 N–H and O–H groups in total. The number of carbonyl (C=O) groups is 1. The van der Waals surface area contributed by atoms with E-state index in [9.17, 15) is 19.3 Å². The number of nitrogen functional groups attached to an aromatic ring is 1. The van der Waals surface area contributed by atoms with Crippen molar-refractivity contribution in [3.05, 3.63) is 64.0 Å². The summed E-state index contributed by atoms with van der Waals surface area (Å²) in [5.41, 5.74) is 6.09. The Morgan fingerprint density at radius 1 is 1.24 bits per heavy atom. The van der Waals surface area contributed by atoms with Crippen LogP contribution in [0.1, 0.15) is 10.4 Å². The highest BCUT2D eigenvalue weighted by atomic mass is 19.1. The maximum absolute atomic E-state index is 12.9. The van der Waals surface area contributed by atoms with Crippen molar-refractivity contribution in [3.63, 3.8) is 0 Å². The summed E-state index contributed by atoms with van der Waals surface area (Å²) in [7, 11) is 1.48. The highest BCUT2D eigenvalue weighted by Crippen LogP contribution is 2.23. The minimum Gasteiger partial charge on any atom is -0.398 e. The van der Waals surface area contributed by atoms with E-state index >= 15 is 0 Å². The molecule has 0 aliphatic carbocycles. The molecule has 0 aliphatic heterocycles. The van der Waals surface area contributed by atoms with Gasteiger partial charge in [-0.2, -0.15) is 0 Å². The average molecular weight is 289 g/mol. The number of halogens is 1. The Labute approximate surface area is 119 Å². The Kier molecular flexibility index (Phi) is 3.84. The molecular weight excluding hydrogens is 277 g/mol. The number of non-ortho nitro benzene ring substituents is 1. The standard InChI is InChI=1S/C14H12FN3O3/c1-17(10-4-2-9(15)3-5-10)14(19)12-8-11(18(20)21)6-7-13(12)16/h2-8H,16H2,1H3. The fraction of sp³-hybridized carbons (Fsp3) is 0.0714. The number of nitrogens with zero attached hydrogens (tertiary/aromatic N) is 2. The molecule has 21 heavy (non-hydrogen) atoms. The molecular formula is C14H12FN3O3. The summed E-state index contributed by atoms with van der Waals surface area (Å²) in [6.45, 7) is 0. The summed E-state index contributed by atoms with van der Waals surface area (Å²) in [6.07, 6.45) is 0. The maximum Gasteiger partial charge on any atom is 0.270 e. The van der Waals surface area contributed by atoms with Gasteiger partial charge < -0.3 is 10.6 Å². The Morgan fingerprint density at radius 3 is 2.43 bits per heavy atom. The van der Waals surface area contributed by atoms with Gasteiger partial charge in [0.25, 0.3) is 11.6 Å². The van der Waals surface area contributed by atoms with Crippen molar-refractivity contribution >= 4 is 23.0 Å². The first-order valence-electron chi connectivity index (χ1n) is 5.97. The zero-order chi connectivity index (χ0) is 15.6. The molecule has 0 aromatic heterocycles. The fourth-order valence-corrected chi connectivity index (χ4v) is 1.81. The summed E-state index contributed by atoms with van der Waals surface area (Å²) >= 11 is 0. The van der Waals surface area contributed by atoms with E-state index in [1.165, 1.54) is 48.3 Å². The van der Waals surface area contributed by atoms with Gasteiger partial charge in [-0.15, -0.1) is 0 Å². The molecule has 2 aromatic rings. The molecule has 0 unspecified atom stereocenters. The van der Waals surface area contributed by atoms with Crippen molar-refractivity contribution in [1.29, 1.82) is 0 Å². The van der Waals surface area contributed by atoms with Crippen molar-refractivity contribution in [2.45, 2.75) is 0 Å². The Bertz CT molecular complexity index is 701. The van der Waals surface area contributed by atoms with Gasteiger partial charge in [0.2, 0.25) is 0 Å². The van der Waals surface area contributed by atoms with E-state index in [1.54, 1.807) is 0 Å². The van der Waals surface area contributed by atoms with E-state index in [0.29, 0.717) is 5.69 Å². The van der Waals surface area contributed by atoms with Crippen LogP contribution in [-0.4, -0.2) is 17.9 Å². The first kappa shape index (κ1) is 14.4. The average Bonchev–Trinajstić information content (AvgIpc) is 2.47. The zero-order valence-electron chi connectivity index (χ0n) is 11.1. The van der Waals surface area contributed by atoms with Gasteiger partial charge in [-0.25, -0.2) is 4.39 Å². The smallest absolute Gasteiger partial charge is 0.270 e. The number of carbonyl (C=O) groups excluding carboxylic acids is 1. The first-order chi connectivity index (χ1) is 9.90. The molecule has 108 valence electrons. The zero-order valence-corrected chi connectivity index (χ0v) is 11.1. The second-order valence-electron chi connectivity index (χ2n) is 4.37. The Morgan fingerprint density at radius 2 is 1.86 bits per heavy atom. The number of hydrogen-bond acceptors (Lipinski definition) is 4. The van der Waals surface area contributed by atoms with Crippen LogP contribution >= 0.6 is 0 Å². The van der Waals surface area contributed by atoms with Crippen molar-refractivity contribution in [3.8, 4) is 0 Å². The number of nitro benzene ring substituents is 1. The van der Waals surface area contributed by atoms with Crippen LogP contribution in [0.2, 0.25) is 0 Å². The third-order valence-electron chi connectivity index (χ3n) is 3.00. The largest absolute Gasteiger partial charge is 0.398 e. The number of amides is 1. The number of anilines is 2. The van der Waals surface area contributed by atoms with E-state index in [0.717, 1.165) is 6.07 Å². The second-order valence-corrected chi connectivity index (χ2v) is 4.37. The van der Waals surface area contributed by atoms with Gasteiger partial charge in [0.05, 0.1) is 10.5 Å². The minimum atomic E-state index is -0.603. The van der Waals surface area contributed by atoms with Crippen LogP contribution in [0, 0.1) is 15.9 Å². The number of rotatable bonds is 3. The number of benzene rings is 2. The topological polar surface area (TPSA) is 89.5 Å². The molecule has 0 atom stereocenters. The van der Waals surface area contributed by atoms with E-state index in [1.807, 2.05) is 0 Å². The monoisotopic (exact) mass is 289 g/mol. The summed E-state index contributed by atoms with van der Waals surface area (Å²) < 4.78 is 12.9. The number of nitro groups is 1. The third-order valence-corrected chi connectivity index (χ3v) is 3.00. The van der Waals surface area contributed by atoms with Crippen LogP contribution in [0.25, 0.3) is 0 Å². The number of nitrogens with two attached hydrogens (primary N) is 1. The van der Waals surface area contributed by atoms with Crippen molar-refractivity contribution in [2.24, 2.45) is 0 Å². The highest BCUT2D eigenvalue weighted by molar-refractivity contribution is 6.09. The molecule has 0 saturated carbocycles. The molecule has 0 fully saturated rings. The molecule has 2 rings (SSSR count). The molecule has 0 radical (unpaired) electrons. The normalized spacial score (nSPS) is 10.2. The quantitative estimate of drug-likeness (QED) is 0.534. The lowest BCUT2D eigenvalue weighted by Gasteiger charge is -2.18. The molecule has 0 spiro atoms. The van der Waals surface area contributed by atoms with Gasteiger partial charge in [0, 0.05) is 30.6 Å². The SMILES string of the molecule is CN(C(=O)c1cc([N+](=O)[O-])ccc1N)c1ccc(F)cc1. The summed E-state index contributed by atoms with van der Waals surface area (Å²) in [4.78, 5) is 23.8. The van der Waals surface area contributed by atoms with E-state index in [-0.39, 0.29) is 16.9 Å². The maximum atomic E-state index is 12.9. The van der Waals surface area contributed by atoms with Gasteiger partial charge >= 0.3 is 0 Å². The second kappa shape index (κ2) is 5.58. The minimum absolute atomic E-state index is 0.0241. The highest BCUT2D eigenvalue weighted by Gasteiger charge is 2.19. The van der Waals surface area contributed by atoms with E-state index in [4.69, 9.17) is 5.73 Å². The molecule has 2 aromatic carbocycles. The molecule has 0 saturated heterocycles. The third kappa shape index (κ3) is 2.97. The molecule has 7 heteroatoms. The van der Waals surface area contributed by atoms with Crippen molar-refractivity contribution in [1.82, 2.24) is 0 Å². The van der Waals surface area contributed by atoms with Gasteiger partial charge in [-0.05, 0) is 30.3 Å². The summed E-state index contributed by atoms with van der Waals surface area (Å²) in [5.74, 6) is -0.933. The van der Waals surface area contributed by atoms with Crippen molar-refractivity contribution in [2.75, 3.05) is 17.7 Å². The van der Waals surface area contributed by atoms with Gasteiger partial charge in [-0.1, -0.05) is 0 Å². The molecule has 0 bridgehead atoms. The van der Waals surface area contributed by atoms with Crippen LogP contribution in [-0.2, 0) is 0 Å². The lowest BCUT2D eigenvalue weighted by molar-refractivity contribution is -0.384. The predicted octanol–water partition coefficient (Wildman–Crippen LogP) is 2.59. The van der Waals surface area contributed by atoms with Gasteiger partial charge in [0.15, 0.2) is 0 Å². The lowest BCUT2D eigenvalue weighted by Crippen LogP contribution is -2.27. The Hall–Kier alpha value is -2.96. The molecule has 1 amide bonds. The van der Waals surface area contributed by atoms with Crippen LogP contribution in [0.4, 0.5) is 21.5 Å². The van der Waals surface area contributed by atoms with E-state index < -0.39 is 16.6 Å². The lowest BCUT2D eigenvalue weighted by atomic mass is 10.1. The molecule has 0 aliphatic rings. The summed E-state index contributed by atoms with van der Waals surface area (Å²) in [5, 5.41) is 10.8. The summed E-state index contributed by atoms with van der Waals surface area (Å²) in [6, 6.07) is 8.96. The Balaban J connectivity index is 2.37. The van der Waals surface area contributed by atoms with Crippen LogP contribution in [0.15, 0.2) is 42.5 Å². The van der Waals surface area contributed by atoms with Crippen LogP contribution in [0.3, 0.4) is 0 Å². The fourth-order valence-electron chi connectivity index (χ4n) is 1.81. The predicted molar refractivity (Wildman–Crippen MR) is 76.6 cm³/mol. The van der Waals surface area contributed by atoms with E-state index in [2.05, 4.69) is 0 Å². The van der Waals surface area contributed by atoms with Crippen molar-refractivity contribution < 1.29 is 14.1 Å². The number of hydrogen-bond donors (Lipinski definition) is 1.